The van der Waals surface area contributed by atoms with Crippen LogP contribution in [0.15, 0.2) is 18.3 Å². The van der Waals surface area contributed by atoms with Gasteiger partial charge in [-0.05, 0) is 45.7 Å². The second-order valence-electron chi connectivity index (χ2n) is 6.54. The summed E-state index contributed by atoms with van der Waals surface area (Å²) in [6, 6.07) is 4.25. The minimum atomic E-state index is -0.500. The van der Waals surface area contributed by atoms with Crippen molar-refractivity contribution >= 4 is 17.6 Å². The number of rotatable bonds is 3. The van der Waals surface area contributed by atoms with Gasteiger partial charge in [0.25, 0.3) is 0 Å². The maximum Gasteiger partial charge on any atom is 0.412 e. The number of carbonyl (C=O) groups is 1. The average Bonchev–Trinajstić information content (AvgIpc) is 2.40. The summed E-state index contributed by atoms with van der Waals surface area (Å²) in [5.74, 6) is 0.858. The van der Waals surface area contributed by atoms with Crippen LogP contribution in [-0.4, -0.2) is 22.7 Å². The molecule has 0 unspecified atom stereocenters. The number of ether oxygens (including phenoxy) is 1. The summed E-state index contributed by atoms with van der Waals surface area (Å²) in [5, 5.41) is 6.12. The number of nitrogens with one attached hydrogen (secondary N) is 2. The Balaban J connectivity index is 1.85. The zero-order valence-electron chi connectivity index (χ0n) is 13.1. The molecule has 0 atom stereocenters. The molecule has 0 radical (unpaired) electrons. The molecule has 1 aromatic heterocycles. The number of pyridine rings is 1. The Morgan fingerprint density at radius 1 is 1.24 bits per heavy atom. The lowest BCUT2D eigenvalue weighted by Crippen LogP contribution is -2.27. The fourth-order valence-electron chi connectivity index (χ4n) is 2.43. The highest BCUT2D eigenvalue weighted by Gasteiger charge is 2.16. The summed E-state index contributed by atoms with van der Waals surface area (Å²) in [5.41, 5.74) is 0.137. The maximum absolute atomic E-state index is 11.7. The van der Waals surface area contributed by atoms with Gasteiger partial charge in [0.15, 0.2) is 0 Å². The number of hydrogen-bond donors (Lipinski definition) is 2. The first kappa shape index (κ1) is 15.6. The van der Waals surface area contributed by atoms with E-state index in [9.17, 15) is 4.79 Å². The average molecular weight is 291 g/mol. The number of carbonyl (C=O) groups excluding carboxylic acids is 1. The van der Waals surface area contributed by atoms with Crippen molar-refractivity contribution in [3.8, 4) is 0 Å². The fourth-order valence-corrected chi connectivity index (χ4v) is 2.43. The van der Waals surface area contributed by atoms with Gasteiger partial charge in [-0.15, -0.1) is 0 Å². The summed E-state index contributed by atoms with van der Waals surface area (Å²) in [4.78, 5) is 16.0. The Kier molecular flexibility index (Phi) is 5.04. The molecule has 0 bridgehead atoms. The van der Waals surface area contributed by atoms with Crippen LogP contribution in [0.25, 0.3) is 0 Å². The van der Waals surface area contributed by atoms with Gasteiger partial charge in [-0.2, -0.15) is 0 Å². The third kappa shape index (κ3) is 5.61. The number of amides is 1. The van der Waals surface area contributed by atoms with Crippen LogP contribution >= 0.6 is 0 Å². The standard InChI is InChI=1S/C16H25N3O2/c1-16(2,3)21-15(20)19-13-9-10-14(17-11-13)18-12-7-5-4-6-8-12/h9-12H,4-8H2,1-3H3,(H,17,18)(H,19,20). The Bertz CT molecular complexity index is 459. The molecule has 1 amide bonds. The first-order chi connectivity index (χ1) is 9.92. The topological polar surface area (TPSA) is 63.2 Å². The minimum Gasteiger partial charge on any atom is -0.444 e. The maximum atomic E-state index is 11.7. The SMILES string of the molecule is CC(C)(C)OC(=O)Nc1ccc(NC2CCCCC2)nc1. The van der Waals surface area contributed by atoms with Gasteiger partial charge in [0.2, 0.25) is 0 Å². The van der Waals surface area contributed by atoms with E-state index in [1.54, 1.807) is 6.20 Å². The Morgan fingerprint density at radius 2 is 1.95 bits per heavy atom. The lowest BCUT2D eigenvalue weighted by molar-refractivity contribution is 0.0636. The predicted octanol–water partition coefficient (Wildman–Crippen LogP) is 4.17. The van der Waals surface area contributed by atoms with Crippen molar-refractivity contribution in [3.63, 3.8) is 0 Å². The van der Waals surface area contributed by atoms with Crippen LogP contribution in [0.5, 0.6) is 0 Å². The highest BCUT2D eigenvalue weighted by atomic mass is 16.6. The summed E-state index contributed by atoms with van der Waals surface area (Å²) >= 11 is 0. The summed E-state index contributed by atoms with van der Waals surface area (Å²) in [6.45, 7) is 5.51. The predicted molar refractivity (Wildman–Crippen MR) is 84.6 cm³/mol. The van der Waals surface area contributed by atoms with Crippen molar-refractivity contribution in [1.82, 2.24) is 4.98 Å². The van der Waals surface area contributed by atoms with Crippen LogP contribution in [-0.2, 0) is 4.74 Å². The molecule has 116 valence electrons. The van der Waals surface area contributed by atoms with E-state index in [-0.39, 0.29) is 0 Å². The molecule has 1 heterocycles. The van der Waals surface area contributed by atoms with E-state index >= 15 is 0 Å². The van der Waals surface area contributed by atoms with Crippen molar-refractivity contribution in [2.24, 2.45) is 0 Å². The Labute approximate surface area is 126 Å². The molecule has 5 nitrogen and oxygen atoms in total. The van der Waals surface area contributed by atoms with E-state index in [1.165, 1.54) is 32.1 Å². The lowest BCUT2D eigenvalue weighted by Gasteiger charge is -2.23. The number of nitrogens with zero attached hydrogens (tertiary/aromatic N) is 1. The normalized spacial score (nSPS) is 16.3. The minimum absolute atomic E-state index is 0.461. The van der Waals surface area contributed by atoms with Crippen molar-refractivity contribution in [3.05, 3.63) is 18.3 Å². The van der Waals surface area contributed by atoms with Gasteiger partial charge in [-0.25, -0.2) is 9.78 Å². The van der Waals surface area contributed by atoms with Crippen LogP contribution in [0.1, 0.15) is 52.9 Å². The summed E-state index contributed by atoms with van der Waals surface area (Å²) in [6.07, 6.45) is 7.52. The molecule has 1 aromatic rings. The van der Waals surface area contributed by atoms with Crippen molar-refractivity contribution < 1.29 is 9.53 Å². The molecule has 0 aromatic carbocycles. The molecule has 0 spiro atoms. The molecular weight excluding hydrogens is 266 g/mol. The Morgan fingerprint density at radius 3 is 2.52 bits per heavy atom. The van der Waals surface area contributed by atoms with Crippen molar-refractivity contribution in [2.75, 3.05) is 10.6 Å². The fraction of sp³-hybridized carbons (Fsp3) is 0.625. The quantitative estimate of drug-likeness (QED) is 0.877. The van der Waals surface area contributed by atoms with Crippen LogP contribution < -0.4 is 10.6 Å². The molecule has 1 fully saturated rings. The van der Waals surface area contributed by atoms with Gasteiger partial charge in [0, 0.05) is 6.04 Å². The van der Waals surface area contributed by atoms with Gasteiger partial charge >= 0.3 is 6.09 Å². The molecule has 0 aliphatic heterocycles. The van der Waals surface area contributed by atoms with Crippen molar-refractivity contribution in [1.29, 1.82) is 0 Å². The molecule has 5 heteroatoms. The molecule has 2 rings (SSSR count). The number of aromatic nitrogens is 1. The zero-order valence-corrected chi connectivity index (χ0v) is 13.1. The van der Waals surface area contributed by atoms with E-state index in [0.717, 1.165) is 5.82 Å². The highest BCUT2D eigenvalue weighted by Crippen LogP contribution is 2.21. The summed E-state index contributed by atoms with van der Waals surface area (Å²) in [7, 11) is 0. The second kappa shape index (κ2) is 6.78. The van der Waals surface area contributed by atoms with E-state index in [2.05, 4.69) is 15.6 Å². The lowest BCUT2D eigenvalue weighted by atomic mass is 9.95. The van der Waals surface area contributed by atoms with Gasteiger partial charge in [0.05, 0.1) is 11.9 Å². The molecule has 1 aliphatic carbocycles. The molecule has 1 saturated carbocycles. The van der Waals surface area contributed by atoms with E-state index in [0.29, 0.717) is 11.7 Å². The van der Waals surface area contributed by atoms with Crippen LogP contribution in [0.3, 0.4) is 0 Å². The first-order valence-corrected chi connectivity index (χ1v) is 7.65. The molecule has 21 heavy (non-hydrogen) atoms. The van der Waals surface area contributed by atoms with Gasteiger partial charge in [-0.1, -0.05) is 19.3 Å². The molecule has 1 aliphatic rings. The monoisotopic (exact) mass is 291 g/mol. The van der Waals surface area contributed by atoms with E-state index in [1.807, 2.05) is 32.9 Å². The molecule has 2 N–H and O–H groups in total. The summed E-state index contributed by atoms with van der Waals surface area (Å²) < 4.78 is 5.20. The second-order valence-corrected chi connectivity index (χ2v) is 6.54. The third-order valence-electron chi connectivity index (χ3n) is 3.37. The van der Waals surface area contributed by atoms with E-state index < -0.39 is 11.7 Å². The smallest absolute Gasteiger partial charge is 0.412 e. The molecule has 0 saturated heterocycles. The highest BCUT2D eigenvalue weighted by molar-refractivity contribution is 5.84. The Hall–Kier alpha value is -1.78. The number of hydrogen-bond acceptors (Lipinski definition) is 4. The van der Waals surface area contributed by atoms with Crippen LogP contribution in [0, 0.1) is 0 Å². The van der Waals surface area contributed by atoms with E-state index in [4.69, 9.17) is 4.74 Å². The van der Waals surface area contributed by atoms with Crippen molar-refractivity contribution in [2.45, 2.75) is 64.5 Å². The van der Waals surface area contributed by atoms with Gasteiger partial charge in [-0.3, -0.25) is 5.32 Å². The van der Waals surface area contributed by atoms with Crippen LogP contribution in [0.4, 0.5) is 16.3 Å². The first-order valence-electron chi connectivity index (χ1n) is 7.65. The zero-order chi connectivity index (χ0) is 15.3. The third-order valence-corrected chi connectivity index (χ3v) is 3.37. The number of anilines is 2. The molecular formula is C16H25N3O2. The van der Waals surface area contributed by atoms with Gasteiger partial charge < -0.3 is 10.1 Å². The van der Waals surface area contributed by atoms with Gasteiger partial charge in [0.1, 0.15) is 11.4 Å². The van der Waals surface area contributed by atoms with Crippen LogP contribution in [0.2, 0.25) is 0 Å². The largest absolute Gasteiger partial charge is 0.444 e.